The minimum absolute atomic E-state index is 0.588. The molecule has 0 aliphatic heterocycles. The van der Waals surface area contributed by atoms with E-state index in [-0.39, 0.29) is 0 Å². The highest BCUT2D eigenvalue weighted by Crippen LogP contribution is 2.29. The van der Waals surface area contributed by atoms with Crippen LogP contribution in [0.1, 0.15) is 21.4 Å². The van der Waals surface area contributed by atoms with Crippen molar-refractivity contribution in [2.75, 3.05) is 0 Å². The summed E-state index contributed by atoms with van der Waals surface area (Å²) < 4.78 is 0. The smallest absolute Gasteiger partial charge is 0.113 e. The van der Waals surface area contributed by atoms with Crippen LogP contribution in [0.4, 0.5) is 0 Å². The van der Waals surface area contributed by atoms with Crippen molar-refractivity contribution in [1.82, 2.24) is 9.97 Å². The number of aliphatic hydroxyl groups is 1. The Labute approximate surface area is 109 Å². The summed E-state index contributed by atoms with van der Waals surface area (Å²) in [5, 5.41) is 10.3. The van der Waals surface area contributed by atoms with Crippen LogP contribution < -0.4 is 0 Å². The lowest BCUT2D eigenvalue weighted by Gasteiger charge is -2.09. The summed E-state index contributed by atoms with van der Waals surface area (Å²) in [5.41, 5.74) is 2.50. The molecule has 2 heterocycles. The largest absolute Gasteiger partial charge is 0.383 e. The van der Waals surface area contributed by atoms with E-state index in [1.54, 1.807) is 23.7 Å². The van der Waals surface area contributed by atoms with Crippen molar-refractivity contribution in [2.24, 2.45) is 0 Å². The van der Waals surface area contributed by atoms with E-state index in [1.807, 2.05) is 37.3 Å². The lowest BCUT2D eigenvalue weighted by atomic mass is 10.1. The van der Waals surface area contributed by atoms with Gasteiger partial charge in [0.1, 0.15) is 6.10 Å². The third-order valence-electron chi connectivity index (χ3n) is 2.84. The van der Waals surface area contributed by atoms with Gasteiger partial charge in [-0.15, -0.1) is 11.3 Å². The Kier molecular flexibility index (Phi) is 2.81. The molecule has 0 radical (unpaired) electrons. The number of thiophene rings is 1. The van der Waals surface area contributed by atoms with E-state index in [4.69, 9.17) is 0 Å². The molecule has 1 atom stereocenters. The first-order valence-corrected chi connectivity index (χ1v) is 6.51. The van der Waals surface area contributed by atoms with Gasteiger partial charge in [-0.3, -0.25) is 9.97 Å². The molecule has 1 unspecified atom stereocenters. The van der Waals surface area contributed by atoms with E-state index in [0.29, 0.717) is 0 Å². The SMILES string of the molecule is Cc1ccc(C(O)c2ccc3nccnc3c2)s1. The summed E-state index contributed by atoms with van der Waals surface area (Å²) in [5.74, 6) is 0. The Hall–Kier alpha value is -1.78. The van der Waals surface area contributed by atoms with Crippen LogP contribution in [0.3, 0.4) is 0 Å². The number of hydrogen-bond acceptors (Lipinski definition) is 4. The fraction of sp³-hybridized carbons (Fsp3) is 0.143. The highest BCUT2D eigenvalue weighted by atomic mass is 32.1. The van der Waals surface area contributed by atoms with E-state index >= 15 is 0 Å². The van der Waals surface area contributed by atoms with Crippen molar-refractivity contribution in [3.05, 3.63) is 58.0 Å². The van der Waals surface area contributed by atoms with Crippen LogP contribution in [0.2, 0.25) is 0 Å². The van der Waals surface area contributed by atoms with Crippen molar-refractivity contribution in [2.45, 2.75) is 13.0 Å². The third kappa shape index (κ3) is 2.00. The number of benzene rings is 1. The molecule has 0 saturated heterocycles. The molecule has 4 heteroatoms. The molecule has 1 N–H and O–H groups in total. The van der Waals surface area contributed by atoms with Gasteiger partial charge in [0, 0.05) is 22.1 Å². The van der Waals surface area contributed by atoms with E-state index in [1.165, 1.54) is 4.88 Å². The van der Waals surface area contributed by atoms with Crippen LogP contribution in [0.25, 0.3) is 11.0 Å². The number of hydrogen-bond donors (Lipinski definition) is 1. The van der Waals surface area contributed by atoms with Crippen molar-refractivity contribution in [3.63, 3.8) is 0 Å². The minimum Gasteiger partial charge on any atom is -0.383 e. The Morgan fingerprint density at radius 2 is 1.83 bits per heavy atom. The highest BCUT2D eigenvalue weighted by Gasteiger charge is 2.13. The second kappa shape index (κ2) is 4.48. The predicted octanol–water partition coefficient (Wildman–Crippen LogP) is 3.08. The maximum atomic E-state index is 10.3. The van der Waals surface area contributed by atoms with Gasteiger partial charge in [0.25, 0.3) is 0 Å². The molecule has 2 aromatic heterocycles. The van der Waals surface area contributed by atoms with Gasteiger partial charge >= 0.3 is 0 Å². The fourth-order valence-corrected chi connectivity index (χ4v) is 2.81. The molecule has 0 aliphatic carbocycles. The van der Waals surface area contributed by atoms with Crippen LogP contribution in [-0.4, -0.2) is 15.1 Å². The van der Waals surface area contributed by atoms with Crippen LogP contribution in [-0.2, 0) is 0 Å². The first-order chi connectivity index (χ1) is 8.74. The van der Waals surface area contributed by atoms with Gasteiger partial charge in [-0.2, -0.15) is 0 Å². The quantitative estimate of drug-likeness (QED) is 0.766. The molecule has 0 aliphatic rings. The molecule has 0 bridgehead atoms. The molecule has 1 aromatic carbocycles. The molecule has 3 rings (SSSR count). The summed E-state index contributed by atoms with van der Waals surface area (Å²) in [7, 11) is 0. The molecule has 3 nitrogen and oxygen atoms in total. The van der Waals surface area contributed by atoms with Gasteiger partial charge in [0.05, 0.1) is 11.0 Å². The summed E-state index contributed by atoms with van der Waals surface area (Å²) in [6.45, 7) is 2.03. The fourth-order valence-electron chi connectivity index (χ4n) is 1.92. The van der Waals surface area contributed by atoms with Gasteiger partial charge in [0.15, 0.2) is 0 Å². The molecule has 3 aromatic rings. The second-order valence-corrected chi connectivity index (χ2v) is 5.47. The van der Waals surface area contributed by atoms with Gasteiger partial charge in [-0.25, -0.2) is 0 Å². The zero-order valence-electron chi connectivity index (χ0n) is 9.87. The van der Waals surface area contributed by atoms with Crippen LogP contribution in [0, 0.1) is 6.92 Å². The lowest BCUT2D eigenvalue weighted by Crippen LogP contribution is -1.97. The topological polar surface area (TPSA) is 46.0 Å². The van der Waals surface area contributed by atoms with Crippen LogP contribution >= 0.6 is 11.3 Å². The third-order valence-corrected chi connectivity index (χ3v) is 3.89. The molecule has 90 valence electrons. The van der Waals surface area contributed by atoms with Gasteiger partial charge < -0.3 is 5.11 Å². The number of aryl methyl sites for hydroxylation is 1. The Balaban J connectivity index is 2.03. The monoisotopic (exact) mass is 256 g/mol. The Bertz CT molecular complexity index is 693. The van der Waals surface area contributed by atoms with Gasteiger partial charge in [-0.05, 0) is 36.8 Å². The van der Waals surface area contributed by atoms with E-state index in [0.717, 1.165) is 21.5 Å². The summed E-state index contributed by atoms with van der Waals surface area (Å²) in [6.07, 6.45) is 2.74. The highest BCUT2D eigenvalue weighted by molar-refractivity contribution is 7.12. The lowest BCUT2D eigenvalue weighted by molar-refractivity contribution is 0.224. The molecule has 0 fully saturated rings. The average molecular weight is 256 g/mol. The number of fused-ring (bicyclic) bond motifs is 1. The van der Waals surface area contributed by atoms with Crippen LogP contribution in [0.5, 0.6) is 0 Å². The van der Waals surface area contributed by atoms with Crippen molar-refractivity contribution in [3.8, 4) is 0 Å². The average Bonchev–Trinajstić information content (AvgIpc) is 2.84. The van der Waals surface area contributed by atoms with E-state index in [9.17, 15) is 5.11 Å². The normalized spacial score (nSPS) is 12.8. The van der Waals surface area contributed by atoms with Crippen LogP contribution in [0.15, 0.2) is 42.7 Å². The number of rotatable bonds is 2. The predicted molar refractivity (Wildman–Crippen MR) is 72.7 cm³/mol. The maximum Gasteiger partial charge on any atom is 0.113 e. The van der Waals surface area contributed by atoms with Crippen molar-refractivity contribution in [1.29, 1.82) is 0 Å². The number of aromatic nitrogens is 2. The summed E-state index contributed by atoms with van der Waals surface area (Å²) in [4.78, 5) is 10.6. The van der Waals surface area contributed by atoms with E-state index in [2.05, 4.69) is 9.97 Å². The zero-order chi connectivity index (χ0) is 12.5. The molecule has 0 spiro atoms. The molecule has 0 saturated carbocycles. The number of aliphatic hydroxyl groups excluding tert-OH is 1. The summed E-state index contributed by atoms with van der Waals surface area (Å²) >= 11 is 1.61. The molecule has 0 amide bonds. The standard InChI is InChI=1S/C14H12N2OS/c1-9-2-5-13(18-9)14(17)10-3-4-11-12(8-10)16-7-6-15-11/h2-8,14,17H,1H3. The second-order valence-electron chi connectivity index (χ2n) is 4.16. The van der Waals surface area contributed by atoms with E-state index < -0.39 is 6.10 Å². The van der Waals surface area contributed by atoms with Crippen molar-refractivity contribution < 1.29 is 5.11 Å². The first-order valence-electron chi connectivity index (χ1n) is 5.69. The molecule has 18 heavy (non-hydrogen) atoms. The number of nitrogens with zero attached hydrogens (tertiary/aromatic N) is 2. The summed E-state index contributed by atoms with van der Waals surface area (Å²) in [6, 6.07) is 9.66. The Morgan fingerprint density at radius 3 is 2.56 bits per heavy atom. The first kappa shape index (κ1) is 11.3. The minimum atomic E-state index is -0.588. The molecular formula is C14H12N2OS. The zero-order valence-corrected chi connectivity index (χ0v) is 10.7. The molecular weight excluding hydrogens is 244 g/mol. The van der Waals surface area contributed by atoms with Crippen molar-refractivity contribution >= 4 is 22.4 Å². The maximum absolute atomic E-state index is 10.3. The Morgan fingerprint density at radius 1 is 1.06 bits per heavy atom. The van der Waals surface area contributed by atoms with Gasteiger partial charge in [0.2, 0.25) is 0 Å². The van der Waals surface area contributed by atoms with Gasteiger partial charge in [-0.1, -0.05) is 6.07 Å².